The van der Waals surface area contributed by atoms with Crippen molar-refractivity contribution >= 4 is 0 Å². The van der Waals surface area contributed by atoms with Crippen LogP contribution in [0.3, 0.4) is 0 Å². The van der Waals surface area contributed by atoms with Gasteiger partial charge in [-0.05, 0) is 60.8 Å². The first-order chi connectivity index (χ1) is 11.9. The van der Waals surface area contributed by atoms with Crippen molar-refractivity contribution in [1.82, 2.24) is 20.4 Å². The zero-order valence-electron chi connectivity index (χ0n) is 13.5. The van der Waals surface area contributed by atoms with Crippen LogP contribution in [-0.4, -0.2) is 20.4 Å². The molecule has 0 fully saturated rings. The molecule has 118 valence electrons. The second-order valence-electron chi connectivity index (χ2n) is 6.64. The summed E-state index contributed by atoms with van der Waals surface area (Å²) in [6.07, 6.45) is 6.92. The predicted molar refractivity (Wildman–Crippen MR) is 92.5 cm³/mol. The molecule has 24 heavy (non-hydrogen) atoms. The minimum Gasteiger partial charge on any atom is -0.126 e. The summed E-state index contributed by atoms with van der Waals surface area (Å²) in [7, 11) is 0. The summed E-state index contributed by atoms with van der Waals surface area (Å²) in [6.45, 7) is 0. The number of rotatable bonds is 2. The molecule has 0 bridgehead atoms. The Bertz CT molecular complexity index is 839. The maximum Gasteiger partial charge on any atom is 0.203 e. The Balaban J connectivity index is 1.55. The van der Waals surface area contributed by atoms with Gasteiger partial charge in [0.25, 0.3) is 0 Å². The van der Waals surface area contributed by atoms with E-state index < -0.39 is 0 Å². The Morgan fingerprint density at radius 1 is 0.542 bits per heavy atom. The van der Waals surface area contributed by atoms with Crippen molar-refractivity contribution in [1.29, 1.82) is 0 Å². The van der Waals surface area contributed by atoms with Gasteiger partial charge in [0, 0.05) is 11.1 Å². The van der Waals surface area contributed by atoms with Crippen LogP contribution in [0.25, 0.3) is 22.8 Å². The van der Waals surface area contributed by atoms with Gasteiger partial charge in [-0.1, -0.05) is 36.4 Å². The van der Waals surface area contributed by atoms with Gasteiger partial charge >= 0.3 is 0 Å². The van der Waals surface area contributed by atoms with Gasteiger partial charge < -0.3 is 0 Å². The fraction of sp³-hybridized carbons (Fsp3) is 0.300. The molecule has 2 aliphatic carbocycles. The van der Waals surface area contributed by atoms with E-state index in [0.29, 0.717) is 11.6 Å². The number of hydrogen-bond donors (Lipinski definition) is 0. The molecule has 0 saturated carbocycles. The van der Waals surface area contributed by atoms with E-state index in [9.17, 15) is 0 Å². The lowest BCUT2D eigenvalue weighted by Crippen LogP contribution is -2.02. The fourth-order valence-corrected chi connectivity index (χ4v) is 4.10. The molecule has 2 aliphatic rings. The first-order valence-electron chi connectivity index (χ1n) is 8.70. The molecule has 3 aromatic rings. The molecular formula is C20H18N4. The van der Waals surface area contributed by atoms with Crippen molar-refractivity contribution in [3.63, 3.8) is 0 Å². The minimum absolute atomic E-state index is 0.644. The highest BCUT2D eigenvalue weighted by Crippen LogP contribution is 2.32. The third-order valence-corrected chi connectivity index (χ3v) is 5.25. The molecule has 0 saturated heterocycles. The molecule has 2 aromatic carbocycles. The van der Waals surface area contributed by atoms with Crippen LogP contribution in [0.1, 0.15) is 35.1 Å². The lowest BCUT2D eigenvalue weighted by molar-refractivity contribution is 0.867. The van der Waals surface area contributed by atoms with E-state index in [4.69, 9.17) is 0 Å². The van der Waals surface area contributed by atoms with Crippen LogP contribution in [0.4, 0.5) is 0 Å². The maximum absolute atomic E-state index is 4.40. The zero-order valence-corrected chi connectivity index (χ0v) is 13.5. The van der Waals surface area contributed by atoms with Crippen molar-refractivity contribution < 1.29 is 0 Å². The number of hydrogen-bond acceptors (Lipinski definition) is 4. The summed E-state index contributed by atoms with van der Waals surface area (Å²) in [6, 6.07) is 12.7. The molecular weight excluding hydrogens is 296 g/mol. The second-order valence-corrected chi connectivity index (χ2v) is 6.64. The topological polar surface area (TPSA) is 51.6 Å². The molecule has 0 atom stereocenters. The number of aromatic nitrogens is 4. The normalized spacial score (nSPS) is 15.3. The fourth-order valence-electron chi connectivity index (χ4n) is 4.10. The van der Waals surface area contributed by atoms with Gasteiger partial charge in [0.1, 0.15) is 0 Å². The summed E-state index contributed by atoms with van der Waals surface area (Å²) in [4.78, 5) is 0. The van der Waals surface area contributed by atoms with E-state index in [1.54, 1.807) is 0 Å². The third-order valence-electron chi connectivity index (χ3n) is 5.25. The molecule has 4 heteroatoms. The van der Waals surface area contributed by atoms with E-state index in [-0.39, 0.29) is 0 Å². The number of nitrogens with zero attached hydrogens (tertiary/aromatic N) is 4. The average Bonchev–Trinajstić information content (AvgIpc) is 3.30. The SMILES string of the molecule is c1cc2c(c(-c3nnc(-c4cccc5c4CCC5)nn3)c1)CCC2. The largest absolute Gasteiger partial charge is 0.203 e. The standard InChI is InChI=1S/C20H18N4/c1-5-13-7-3-11-17(15(13)9-1)19-21-23-20(24-22-19)18-12-4-8-14-6-2-10-16(14)18/h3-4,7-8,11-12H,1-2,5-6,9-10H2. The zero-order chi connectivity index (χ0) is 15.9. The monoisotopic (exact) mass is 314 g/mol. The molecule has 1 heterocycles. The first-order valence-corrected chi connectivity index (χ1v) is 8.70. The third kappa shape index (κ3) is 2.13. The second kappa shape index (κ2) is 5.48. The van der Waals surface area contributed by atoms with Crippen LogP contribution >= 0.6 is 0 Å². The Morgan fingerprint density at radius 2 is 1.00 bits per heavy atom. The summed E-state index contributed by atoms with van der Waals surface area (Å²) >= 11 is 0. The maximum atomic E-state index is 4.40. The van der Waals surface area contributed by atoms with Crippen LogP contribution in [0.15, 0.2) is 36.4 Å². The van der Waals surface area contributed by atoms with E-state index in [2.05, 4.69) is 56.8 Å². The summed E-state index contributed by atoms with van der Waals surface area (Å²) in [5.41, 5.74) is 7.76. The minimum atomic E-state index is 0.644. The van der Waals surface area contributed by atoms with Crippen molar-refractivity contribution in [3.05, 3.63) is 58.7 Å². The number of aryl methyl sites for hydroxylation is 2. The van der Waals surface area contributed by atoms with E-state index in [1.807, 2.05) is 0 Å². The van der Waals surface area contributed by atoms with Gasteiger partial charge in [-0.3, -0.25) is 0 Å². The molecule has 0 unspecified atom stereocenters. The molecule has 0 spiro atoms. The van der Waals surface area contributed by atoms with E-state index in [0.717, 1.165) is 36.8 Å². The highest BCUT2D eigenvalue weighted by atomic mass is 15.3. The smallest absolute Gasteiger partial charge is 0.126 e. The van der Waals surface area contributed by atoms with Crippen LogP contribution in [0.2, 0.25) is 0 Å². The molecule has 4 nitrogen and oxygen atoms in total. The van der Waals surface area contributed by atoms with Gasteiger partial charge in [0.2, 0.25) is 11.6 Å². The Labute approximate surface area is 141 Å². The Morgan fingerprint density at radius 3 is 1.46 bits per heavy atom. The van der Waals surface area contributed by atoms with Crippen molar-refractivity contribution in [2.24, 2.45) is 0 Å². The van der Waals surface area contributed by atoms with Crippen LogP contribution in [-0.2, 0) is 25.7 Å². The molecule has 5 rings (SSSR count). The van der Waals surface area contributed by atoms with Gasteiger partial charge in [0.15, 0.2) is 0 Å². The molecule has 0 aliphatic heterocycles. The average molecular weight is 314 g/mol. The summed E-state index contributed by atoms with van der Waals surface area (Å²) in [5, 5.41) is 17.6. The number of benzene rings is 2. The Kier molecular flexibility index (Phi) is 3.15. The van der Waals surface area contributed by atoms with Crippen molar-refractivity contribution in [2.75, 3.05) is 0 Å². The van der Waals surface area contributed by atoms with Gasteiger partial charge in [-0.2, -0.15) is 0 Å². The van der Waals surface area contributed by atoms with E-state index in [1.165, 1.54) is 35.1 Å². The molecule has 0 amide bonds. The molecule has 1 aromatic heterocycles. The summed E-state index contributed by atoms with van der Waals surface area (Å²) in [5.74, 6) is 1.29. The highest BCUT2D eigenvalue weighted by Gasteiger charge is 2.20. The van der Waals surface area contributed by atoms with Crippen molar-refractivity contribution in [3.8, 4) is 22.8 Å². The summed E-state index contributed by atoms with van der Waals surface area (Å²) < 4.78 is 0. The molecule has 0 N–H and O–H groups in total. The van der Waals surface area contributed by atoms with Crippen LogP contribution < -0.4 is 0 Å². The van der Waals surface area contributed by atoms with Gasteiger partial charge in [-0.25, -0.2) is 0 Å². The predicted octanol–water partition coefficient (Wildman–Crippen LogP) is 3.58. The van der Waals surface area contributed by atoms with E-state index >= 15 is 0 Å². The lowest BCUT2D eigenvalue weighted by Gasteiger charge is -2.08. The van der Waals surface area contributed by atoms with Gasteiger partial charge in [0.05, 0.1) is 0 Å². The van der Waals surface area contributed by atoms with Crippen LogP contribution in [0, 0.1) is 0 Å². The lowest BCUT2D eigenvalue weighted by atomic mass is 10.0. The number of fused-ring (bicyclic) bond motifs is 2. The first kappa shape index (κ1) is 13.8. The Hall–Kier alpha value is -2.62. The molecule has 0 radical (unpaired) electrons. The van der Waals surface area contributed by atoms with Crippen LogP contribution in [0.5, 0.6) is 0 Å². The quantitative estimate of drug-likeness (QED) is 0.725. The van der Waals surface area contributed by atoms with Gasteiger partial charge in [-0.15, -0.1) is 20.4 Å². The highest BCUT2D eigenvalue weighted by molar-refractivity contribution is 5.65. The van der Waals surface area contributed by atoms with Crippen molar-refractivity contribution in [2.45, 2.75) is 38.5 Å².